The Balaban J connectivity index is 2.51. The highest BCUT2D eigenvalue weighted by Crippen LogP contribution is 2.30. The molecule has 1 aliphatic heterocycles. The fourth-order valence-corrected chi connectivity index (χ4v) is 1.74. The van der Waals surface area contributed by atoms with Crippen molar-refractivity contribution in [2.75, 3.05) is 4.72 Å². The van der Waals surface area contributed by atoms with E-state index >= 15 is 0 Å². The number of nitrogens with one attached hydrogen (secondary N) is 1. The van der Waals surface area contributed by atoms with E-state index in [1.54, 1.807) is 11.9 Å². The maximum atomic E-state index is 3.26. The summed E-state index contributed by atoms with van der Waals surface area (Å²) in [7, 11) is 0. The molecule has 0 radical (unpaired) electrons. The van der Waals surface area contributed by atoms with Gasteiger partial charge in [-0.3, -0.25) is 0 Å². The van der Waals surface area contributed by atoms with Crippen molar-refractivity contribution in [2.24, 2.45) is 0 Å². The molecule has 0 amide bonds. The molecule has 0 bridgehead atoms. The van der Waals surface area contributed by atoms with Crippen LogP contribution in [0.15, 0.2) is 29.2 Å². The first-order valence-electron chi connectivity index (χ1n) is 3.56. The minimum atomic E-state index is 1.21. The van der Waals surface area contributed by atoms with Crippen molar-refractivity contribution >= 4 is 23.7 Å². The van der Waals surface area contributed by atoms with Crippen LogP contribution in [0.4, 0.5) is 5.69 Å². The Bertz CT molecular complexity index is 304. The summed E-state index contributed by atoms with van der Waals surface area (Å²) in [5.74, 6) is 0. The van der Waals surface area contributed by atoms with Gasteiger partial charge >= 0.3 is 0 Å². The zero-order chi connectivity index (χ0) is 7.68. The summed E-state index contributed by atoms with van der Waals surface area (Å²) in [6, 6.07) is 8.30. The van der Waals surface area contributed by atoms with Gasteiger partial charge in [-0.1, -0.05) is 18.2 Å². The highest BCUT2D eigenvalue weighted by molar-refractivity contribution is 8.04. The predicted molar refractivity (Wildman–Crippen MR) is 51.3 cm³/mol. The van der Waals surface area contributed by atoms with Gasteiger partial charge in [-0.05, 0) is 36.6 Å². The molecule has 1 N–H and O–H groups in total. The van der Waals surface area contributed by atoms with E-state index in [4.69, 9.17) is 0 Å². The molecule has 1 aromatic carbocycles. The van der Waals surface area contributed by atoms with Gasteiger partial charge in [0.1, 0.15) is 0 Å². The van der Waals surface area contributed by atoms with E-state index in [-0.39, 0.29) is 0 Å². The van der Waals surface area contributed by atoms with Gasteiger partial charge in [-0.25, -0.2) is 0 Å². The standard InChI is InChI=1S/C9H9NS/c1-7-6-8-4-2-3-5-9(8)10-11-7/h2-6,10H,1H3. The third kappa shape index (κ3) is 1.26. The smallest absolute Gasteiger partial charge is 0.0516 e. The summed E-state index contributed by atoms with van der Waals surface area (Å²) >= 11 is 1.67. The molecule has 2 rings (SSSR count). The Morgan fingerprint density at radius 3 is 3.00 bits per heavy atom. The number of allylic oxidation sites excluding steroid dienone is 1. The van der Waals surface area contributed by atoms with Crippen molar-refractivity contribution in [3.05, 3.63) is 34.7 Å². The second kappa shape index (κ2) is 2.62. The molecule has 2 heteroatoms. The van der Waals surface area contributed by atoms with Gasteiger partial charge in [0.05, 0.1) is 5.69 Å². The Morgan fingerprint density at radius 1 is 1.27 bits per heavy atom. The van der Waals surface area contributed by atoms with E-state index in [1.807, 2.05) is 6.07 Å². The summed E-state index contributed by atoms with van der Waals surface area (Å²) in [4.78, 5) is 1.31. The average molecular weight is 163 g/mol. The van der Waals surface area contributed by atoms with E-state index < -0.39 is 0 Å². The Kier molecular flexibility index (Phi) is 1.62. The molecule has 0 saturated heterocycles. The van der Waals surface area contributed by atoms with Gasteiger partial charge in [-0.15, -0.1) is 0 Å². The molecule has 0 saturated carbocycles. The zero-order valence-corrected chi connectivity index (χ0v) is 7.11. The Labute approximate surface area is 70.6 Å². The van der Waals surface area contributed by atoms with E-state index in [1.165, 1.54) is 16.2 Å². The van der Waals surface area contributed by atoms with Crippen LogP contribution >= 0.6 is 11.9 Å². The lowest BCUT2D eigenvalue weighted by Crippen LogP contribution is -1.94. The number of rotatable bonds is 0. The molecule has 0 spiro atoms. The first-order chi connectivity index (χ1) is 5.36. The predicted octanol–water partition coefficient (Wildman–Crippen LogP) is 3.12. The number of anilines is 1. The Hall–Kier alpha value is -0.890. The summed E-state index contributed by atoms with van der Waals surface area (Å²) in [6.45, 7) is 2.10. The van der Waals surface area contributed by atoms with Crippen LogP contribution in [0.5, 0.6) is 0 Å². The third-order valence-corrected chi connectivity index (χ3v) is 2.40. The van der Waals surface area contributed by atoms with Gasteiger partial charge in [0.2, 0.25) is 0 Å². The van der Waals surface area contributed by atoms with Gasteiger partial charge in [0, 0.05) is 4.91 Å². The van der Waals surface area contributed by atoms with Crippen molar-refractivity contribution in [3.8, 4) is 0 Å². The molecule has 1 nitrogen and oxygen atoms in total. The number of hydrogen-bond donors (Lipinski definition) is 1. The average Bonchev–Trinajstić information content (AvgIpc) is 2.04. The van der Waals surface area contributed by atoms with Gasteiger partial charge in [0.15, 0.2) is 0 Å². The van der Waals surface area contributed by atoms with Crippen LogP contribution in [0.2, 0.25) is 0 Å². The van der Waals surface area contributed by atoms with Gasteiger partial charge in [0.25, 0.3) is 0 Å². The van der Waals surface area contributed by atoms with E-state index in [0.717, 1.165) is 0 Å². The minimum absolute atomic E-state index is 1.21. The first-order valence-corrected chi connectivity index (χ1v) is 4.38. The zero-order valence-electron chi connectivity index (χ0n) is 6.29. The molecule has 1 heterocycles. The van der Waals surface area contributed by atoms with Crippen molar-refractivity contribution in [2.45, 2.75) is 6.92 Å². The summed E-state index contributed by atoms with van der Waals surface area (Å²) in [6.07, 6.45) is 2.19. The normalized spacial score (nSPS) is 14.8. The summed E-state index contributed by atoms with van der Waals surface area (Å²) in [5, 5.41) is 0. The molecule has 0 aliphatic carbocycles. The van der Waals surface area contributed by atoms with Crippen molar-refractivity contribution in [1.29, 1.82) is 0 Å². The molecule has 1 aromatic rings. The molecule has 1 aliphatic rings. The first kappa shape index (κ1) is 6.80. The SMILES string of the molecule is CC1=Cc2ccccc2NS1. The lowest BCUT2D eigenvalue weighted by Gasteiger charge is -2.14. The van der Waals surface area contributed by atoms with Crippen LogP contribution in [0.3, 0.4) is 0 Å². The number of fused-ring (bicyclic) bond motifs is 1. The van der Waals surface area contributed by atoms with E-state index in [0.29, 0.717) is 0 Å². The van der Waals surface area contributed by atoms with E-state index in [9.17, 15) is 0 Å². The molecule has 11 heavy (non-hydrogen) atoms. The third-order valence-electron chi connectivity index (χ3n) is 1.64. The minimum Gasteiger partial charge on any atom is -0.325 e. The van der Waals surface area contributed by atoms with Crippen LogP contribution in [-0.4, -0.2) is 0 Å². The molecular weight excluding hydrogens is 154 g/mol. The molecule has 0 fully saturated rings. The maximum Gasteiger partial charge on any atom is 0.0516 e. The van der Waals surface area contributed by atoms with Crippen LogP contribution in [0.25, 0.3) is 6.08 Å². The van der Waals surface area contributed by atoms with Gasteiger partial charge in [-0.2, -0.15) is 0 Å². The van der Waals surface area contributed by atoms with Crippen molar-refractivity contribution < 1.29 is 0 Å². The fraction of sp³-hybridized carbons (Fsp3) is 0.111. The van der Waals surface area contributed by atoms with Crippen molar-refractivity contribution in [1.82, 2.24) is 0 Å². The summed E-state index contributed by atoms with van der Waals surface area (Å²) in [5.41, 5.74) is 2.49. The van der Waals surface area contributed by atoms with E-state index in [2.05, 4.69) is 35.9 Å². The van der Waals surface area contributed by atoms with Crippen molar-refractivity contribution in [3.63, 3.8) is 0 Å². The molecular formula is C9H9NS. The largest absolute Gasteiger partial charge is 0.325 e. The highest BCUT2D eigenvalue weighted by Gasteiger charge is 2.04. The van der Waals surface area contributed by atoms with Gasteiger partial charge < -0.3 is 4.72 Å². The molecule has 0 unspecified atom stereocenters. The maximum absolute atomic E-state index is 3.26. The quantitative estimate of drug-likeness (QED) is 0.590. The lowest BCUT2D eigenvalue weighted by atomic mass is 10.2. The highest BCUT2D eigenvalue weighted by atomic mass is 32.2. The molecule has 56 valence electrons. The number of hydrogen-bond acceptors (Lipinski definition) is 2. The van der Waals surface area contributed by atoms with Crippen LogP contribution in [0, 0.1) is 0 Å². The van der Waals surface area contributed by atoms with Crippen LogP contribution in [-0.2, 0) is 0 Å². The second-order valence-corrected chi connectivity index (χ2v) is 3.60. The molecule has 0 aromatic heterocycles. The van der Waals surface area contributed by atoms with Crippen LogP contribution < -0.4 is 4.72 Å². The number of para-hydroxylation sites is 1. The van der Waals surface area contributed by atoms with Crippen LogP contribution in [0.1, 0.15) is 12.5 Å². The fourth-order valence-electron chi connectivity index (χ4n) is 1.10. The topological polar surface area (TPSA) is 12.0 Å². The summed E-state index contributed by atoms with van der Waals surface area (Å²) < 4.78 is 3.26. The second-order valence-electron chi connectivity index (χ2n) is 2.55. The Morgan fingerprint density at radius 2 is 2.09 bits per heavy atom. The number of benzene rings is 1. The lowest BCUT2D eigenvalue weighted by molar-refractivity contribution is 1.59. The molecule has 0 atom stereocenters. The monoisotopic (exact) mass is 163 g/mol.